The largest absolute Gasteiger partial charge is 0.508 e. The Kier molecular flexibility index (Phi) is 2.63. The van der Waals surface area contributed by atoms with Crippen molar-refractivity contribution in [2.75, 3.05) is 0 Å². The fraction of sp³-hybridized carbons (Fsp3) is 0.250. The van der Waals surface area contributed by atoms with Crippen molar-refractivity contribution in [2.24, 2.45) is 0 Å². The van der Waals surface area contributed by atoms with Crippen LogP contribution in [-0.4, -0.2) is 10.7 Å². The Morgan fingerprint density at radius 2 is 1.84 bits per heavy atom. The molecule has 5 rings (SSSR count). The van der Waals surface area contributed by atoms with Gasteiger partial charge in [0.2, 0.25) is 0 Å². The van der Waals surface area contributed by atoms with Gasteiger partial charge in [0.25, 0.3) is 0 Å². The highest BCUT2D eigenvalue weighted by molar-refractivity contribution is 6.13. The maximum atomic E-state index is 12.5. The number of benzene rings is 2. The molecule has 0 bridgehead atoms. The quantitative estimate of drug-likeness (QED) is 0.479. The number of fused-ring (bicyclic) bond motifs is 6. The third-order valence-corrected chi connectivity index (χ3v) is 4.87. The zero-order valence-corrected chi connectivity index (χ0v) is 13.9. The summed E-state index contributed by atoms with van der Waals surface area (Å²) in [7, 11) is 0. The van der Waals surface area contributed by atoms with Gasteiger partial charge in [0.15, 0.2) is 5.58 Å². The van der Waals surface area contributed by atoms with E-state index in [1.165, 1.54) is 12.1 Å². The molecule has 0 amide bonds. The molecule has 1 aliphatic rings. The van der Waals surface area contributed by atoms with E-state index in [0.29, 0.717) is 27.5 Å². The van der Waals surface area contributed by atoms with Gasteiger partial charge in [-0.3, -0.25) is 0 Å². The lowest BCUT2D eigenvalue weighted by Crippen LogP contribution is -2.32. The fourth-order valence-electron chi connectivity index (χ4n) is 3.57. The van der Waals surface area contributed by atoms with Crippen molar-refractivity contribution in [3.8, 4) is 11.5 Å². The van der Waals surface area contributed by atoms with E-state index >= 15 is 0 Å². The van der Waals surface area contributed by atoms with E-state index in [0.717, 1.165) is 29.5 Å². The molecule has 5 nitrogen and oxygen atoms in total. The first-order valence-electron chi connectivity index (χ1n) is 8.25. The zero-order chi connectivity index (χ0) is 17.3. The Morgan fingerprint density at radius 3 is 2.68 bits per heavy atom. The van der Waals surface area contributed by atoms with Crippen LogP contribution in [0.2, 0.25) is 0 Å². The van der Waals surface area contributed by atoms with Gasteiger partial charge >= 0.3 is 5.63 Å². The minimum absolute atomic E-state index is 0.0910. The van der Waals surface area contributed by atoms with Crippen molar-refractivity contribution >= 4 is 32.9 Å². The molecule has 0 saturated carbocycles. The van der Waals surface area contributed by atoms with Crippen molar-refractivity contribution in [1.82, 2.24) is 0 Å². The molecule has 0 atom stereocenters. The summed E-state index contributed by atoms with van der Waals surface area (Å²) in [5.74, 6) is 0.841. The number of hydrogen-bond donors (Lipinski definition) is 1. The van der Waals surface area contributed by atoms with E-state index in [1.807, 2.05) is 19.9 Å². The van der Waals surface area contributed by atoms with Crippen LogP contribution in [0.5, 0.6) is 11.5 Å². The summed E-state index contributed by atoms with van der Waals surface area (Å²) in [6, 6.07) is 8.46. The Bertz CT molecular complexity index is 1230. The lowest BCUT2D eigenvalue weighted by molar-refractivity contribution is 0.0848. The van der Waals surface area contributed by atoms with E-state index in [2.05, 4.69) is 0 Å². The van der Waals surface area contributed by atoms with Crippen molar-refractivity contribution in [3.63, 3.8) is 0 Å². The number of phenolic OH excluding ortho intramolecular Hbond substituents is 1. The van der Waals surface area contributed by atoms with Gasteiger partial charge in [-0.05, 0) is 50.5 Å². The van der Waals surface area contributed by atoms with Crippen molar-refractivity contribution < 1.29 is 18.7 Å². The lowest BCUT2D eigenvalue weighted by atomic mass is 9.93. The van der Waals surface area contributed by atoms with E-state index in [9.17, 15) is 9.90 Å². The van der Waals surface area contributed by atoms with Gasteiger partial charge in [-0.1, -0.05) is 0 Å². The van der Waals surface area contributed by atoms with Crippen LogP contribution in [0.4, 0.5) is 0 Å². The predicted molar refractivity (Wildman–Crippen MR) is 94.5 cm³/mol. The molecule has 0 fully saturated rings. The van der Waals surface area contributed by atoms with Gasteiger partial charge in [0.1, 0.15) is 33.7 Å². The van der Waals surface area contributed by atoms with Crippen LogP contribution in [0, 0.1) is 0 Å². The summed E-state index contributed by atoms with van der Waals surface area (Å²) in [4.78, 5) is 12.5. The minimum Gasteiger partial charge on any atom is -0.508 e. The second-order valence-electron chi connectivity index (χ2n) is 7.19. The normalized spacial score (nSPS) is 16.2. The molecular weight excluding hydrogens is 320 g/mol. The van der Waals surface area contributed by atoms with Crippen molar-refractivity contribution in [1.29, 1.82) is 0 Å². The number of ether oxygens (including phenoxy) is 1. The summed E-state index contributed by atoms with van der Waals surface area (Å²) in [5.41, 5.74) is 1.77. The Morgan fingerprint density at radius 1 is 1.04 bits per heavy atom. The zero-order valence-electron chi connectivity index (χ0n) is 13.9. The number of aryl methyl sites for hydroxylation is 1. The van der Waals surface area contributed by atoms with Gasteiger partial charge in [-0.25, -0.2) is 4.79 Å². The average molecular weight is 336 g/mol. The third-order valence-electron chi connectivity index (χ3n) is 4.87. The SMILES string of the molecule is CC1(C)CCc2cc3c(cc2O1)oc(=O)c1c2ccc(O)cc2oc31. The van der Waals surface area contributed by atoms with Gasteiger partial charge in [-0.15, -0.1) is 0 Å². The minimum atomic E-state index is -0.457. The number of aromatic hydroxyl groups is 1. The molecule has 4 aromatic rings. The Hall–Kier alpha value is -2.95. The first-order valence-corrected chi connectivity index (χ1v) is 8.25. The summed E-state index contributed by atoms with van der Waals surface area (Å²) >= 11 is 0. The maximum Gasteiger partial charge on any atom is 0.348 e. The standard InChI is InChI=1S/C20H16O5/c1-20(2)6-5-10-7-13-16(9-14(10)25-20)24-19(22)17-12-4-3-11(21)8-15(12)23-18(13)17/h3-4,7-9,21H,5-6H2,1-2H3. The lowest BCUT2D eigenvalue weighted by Gasteiger charge is -2.32. The molecule has 2 aromatic carbocycles. The molecule has 126 valence electrons. The molecule has 1 aliphatic heterocycles. The average Bonchev–Trinajstić information content (AvgIpc) is 2.91. The molecule has 0 aliphatic carbocycles. The van der Waals surface area contributed by atoms with Gasteiger partial charge in [0.05, 0.1) is 5.39 Å². The van der Waals surface area contributed by atoms with E-state index in [1.54, 1.807) is 12.1 Å². The van der Waals surface area contributed by atoms with Crippen molar-refractivity contribution in [3.05, 3.63) is 46.3 Å². The number of rotatable bonds is 0. The van der Waals surface area contributed by atoms with E-state index in [-0.39, 0.29) is 11.4 Å². The summed E-state index contributed by atoms with van der Waals surface area (Å²) in [6.45, 7) is 4.09. The smallest absolute Gasteiger partial charge is 0.348 e. The highest BCUT2D eigenvalue weighted by atomic mass is 16.5. The second kappa shape index (κ2) is 4.57. The molecular formula is C20H16O5. The summed E-state index contributed by atoms with van der Waals surface area (Å²) in [6.07, 6.45) is 1.80. The maximum absolute atomic E-state index is 12.5. The Balaban J connectivity index is 1.89. The van der Waals surface area contributed by atoms with Crippen LogP contribution >= 0.6 is 0 Å². The van der Waals surface area contributed by atoms with Crippen LogP contribution < -0.4 is 10.4 Å². The summed E-state index contributed by atoms with van der Waals surface area (Å²) < 4.78 is 17.5. The molecule has 1 N–H and O–H groups in total. The molecule has 0 spiro atoms. The predicted octanol–water partition coefficient (Wildman–Crippen LogP) is 4.50. The van der Waals surface area contributed by atoms with Crippen LogP contribution in [-0.2, 0) is 6.42 Å². The van der Waals surface area contributed by atoms with Crippen LogP contribution in [0.25, 0.3) is 32.9 Å². The number of furan rings is 1. The van der Waals surface area contributed by atoms with Crippen LogP contribution in [0.15, 0.2) is 44.0 Å². The van der Waals surface area contributed by atoms with Crippen molar-refractivity contribution in [2.45, 2.75) is 32.3 Å². The number of hydrogen-bond acceptors (Lipinski definition) is 5. The van der Waals surface area contributed by atoms with Crippen LogP contribution in [0.3, 0.4) is 0 Å². The first-order chi connectivity index (χ1) is 11.9. The van der Waals surface area contributed by atoms with Gasteiger partial charge in [-0.2, -0.15) is 0 Å². The molecule has 0 unspecified atom stereocenters. The van der Waals surface area contributed by atoms with E-state index < -0.39 is 5.63 Å². The first kappa shape index (κ1) is 14.4. The van der Waals surface area contributed by atoms with Gasteiger partial charge in [0, 0.05) is 17.5 Å². The monoisotopic (exact) mass is 336 g/mol. The van der Waals surface area contributed by atoms with Gasteiger partial charge < -0.3 is 18.7 Å². The fourth-order valence-corrected chi connectivity index (χ4v) is 3.57. The highest BCUT2D eigenvalue weighted by Crippen LogP contribution is 2.39. The topological polar surface area (TPSA) is 72.8 Å². The molecule has 25 heavy (non-hydrogen) atoms. The number of phenols is 1. The second-order valence-corrected chi connectivity index (χ2v) is 7.19. The molecule has 2 aromatic heterocycles. The molecule has 3 heterocycles. The van der Waals surface area contributed by atoms with Crippen LogP contribution in [0.1, 0.15) is 25.8 Å². The third kappa shape index (κ3) is 2.05. The molecule has 0 radical (unpaired) electrons. The molecule has 5 heteroatoms. The van der Waals surface area contributed by atoms with E-state index in [4.69, 9.17) is 13.6 Å². The highest BCUT2D eigenvalue weighted by Gasteiger charge is 2.28. The summed E-state index contributed by atoms with van der Waals surface area (Å²) in [5, 5.41) is 11.4. The Labute approximate surface area is 142 Å². The molecule has 0 saturated heterocycles.